The van der Waals surface area contributed by atoms with Crippen LogP contribution >= 0.6 is 0 Å². The van der Waals surface area contributed by atoms with Gasteiger partial charge < -0.3 is 24.4 Å². The summed E-state index contributed by atoms with van der Waals surface area (Å²) in [6.45, 7) is 9.52. The smallest absolute Gasteiger partial charge is 0.410 e. The predicted molar refractivity (Wildman–Crippen MR) is 118 cm³/mol. The molecule has 1 aromatic carbocycles. The van der Waals surface area contributed by atoms with Crippen LogP contribution in [0.3, 0.4) is 0 Å². The molecule has 0 spiro atoms. The topological polar surface area (TPSA) is 77.1 Å². The number of hydrogen-bond acceptors (Lipinski definition) is 6. The van der Waals surface area contributed by atoms with Crippen molar-refractivity contribution < 1.29 is 32.6 Å². The summed E-state index contributed by atoms with van der Waals surface area (Å²) in [4.78, 5) is 25.5. The molecule has 0 bridgehead atoms. The van der Waals surface area contributed by atoms with E-state index in [2.05, 4.69) is 5.32 Å². The van der Waals surface area contributed by atoms with Crippen molar-refractivity contribution in [1.82, 2.24) is 10.2 Å². The molecule has 0 unspecified atom stereocenters. The maximum absolute atomic E-state index is 13.1. The van der Waals surface area contributed by atoms with Crippen LogP contribution in [-0.4, -0.2) is 66.9 Å². The van der Waals surface area contributed by atoms with Crippen LogP contribution in [0.2, 0.25) is 0 Å². The average Bonchev–Trinajstić information content (AvgIpc) is 2.63. The molecule has 0 aliphatic rings. The zero-order chi connectivity index (χ0) is 24.4. The van der Waals surface area contributed by atoms with Gasteiger partial charge in [0, 0.05) is 12.6 Å². The van der Waals surface area contributed by atoms with E-state index in [-0.39, 0.29) is 19.7 Å². The van der Waals surface area contributed by atoms with E-state index in [1.165, 1.54) is 0 Å². The molecule has 1 aromatic rings. The second-order valence-electron chi connectivity index (χ2n) is 9.44. The zero-order valence-electron chi connectivity index (χ0n) is 19.8. The molecule has 0 heterocycles. The van der Waals surface area contributed by atoms with Crippen molar-refractivity contribution in [2.24, 2.45) is 0 Å². The number of hydrogen-bond donors (Lipinski definition) is 1. The van der Waals surface area contributed by atoms with Gasteiger partial charge in [0.15, 0.2) is 0 Å². The SMILES string of the molecule is CC(C)(C)OC(=O)CN[C@H](COCc1ccccc1)CN(CC(F)F)C(=O)OC(C)(C)C. The number of nitrogens with zero attached hydrogens (tertiary/aromatic N) is 1. The Morgan fingerprint density at radius 3 is 2.09 bits per heavy atom. The predicted octanol–water partition coefficient (Wildman–Crippen LogP) is 4.01. The van der Waals surface area contributed by atoms with Gasteiger partial charge in [0.1, 0.15) is 11.2 Å². The van der Waals surface area contributed by atoms with Gasteiger partial charge in [0.25, 0.3) is 6.43 Å². The molecule has 7 nitrogen and oxygen atoms in total. The number of amides is 1. The number of alkyl halides is 2. The number of carbonyl (C=O) groups excluding carboxylic acids is 2. The third-order valence-corrected chi connectivity index (χ3v) is 3.84. The summed E-state index contributed by atoms with van der Waals surface area (Å²) in [6.07, 6.45) is -3.59. The van der Waals surface area contributed by atoms with Crippen molar-refractivity contribution >= 4 is 12.1 Å². The van der Waals surface area contributed by atoms with Crippen LogP contribution in [0.1, 0.15) is 47.1 Å². The van der Waals surface area contributed by atoms with Crippen molar-refractivity contribution in [2.75, 3.05) is 26.2 Å². The molecular weight excluding hydrogens is 422 g/mol. The summed E-state index contributed by atoms with van der Waals surface area (Å²) in [5.74, 6) is -0.497. The second kappa shape index (κ2) is 12.7. The molecule has 0 aromatic heterocycles. The monoisotopic (exact) mass is 458 g/mol. The van der Waals surface area contributed by atoms with Gasteiger partial charge in [-0.05, 0) is 47.1 Å². The Morgan fingerprint density at radius 1 is 0.969 bits per heavy atom. The van der Waals surface area contributed by atoms with E-state index in [9.17, 15) is 18.4 Å². The lowest BCUT2D eigenvalue weighted by Crippen LogP contribution is -2.50. The lowest BCUT2D eigenvalue weighted by atomic mass is 10.2. The van der Waals surface area contributed by atoms with E-state index in [0.717, 1.165) is 10.5 Å². The summed E-state index contributed by atoms with van der Waals surface area (Å²) in [6, 6.07) is 8.84. The van der Waals surface area contributed by atoms with E-state index in [0.29, 0.717) is 6.61 Å². The fourth-order valence-electron chi connectivity index (χ4n) is 2.66. The van der Waals surface area contributed by atoms with Crippen LogP contribution in [0.15, 0.2) is 30.3 Å². The van der Waals surface area contributed by atoms with E-state index in [1.54, 1.807) is 41.5 Å². The minimum absolute atomic E-state index is 0.0836. The molecule has 0 saturated carbocycles. The highest BCUT2D eigenvalue weighted by atomic mass is 19.3. The summed E-state index contributed by atoms with van der Waals surface area (Å²) < 4.78 is 42.5. The Kier molecular flexibility index (Phi) is 11.0. The van der Waals surface area contributed by atoms with Crippen LogP contribution in [0, 0.1) is 0 Å². The first-order chi connectivity index (χ1) is 14.7. The summed E-state index contributed by atoms with van der Waals surface area (Å²) >= 11 is 0. The van der Waals surface area contributed by atoms with Crippen LogP contribution in [0.25, 0.3) is 0 Å². The van der Waals surface area contributed by atoms with Gasteiger partial charge in [-0.2, -0.15) is 0 Å². The quantitative estimate of drug-likeness (QED) is 0.505. The van der Waals surface area contributed by atoms with Gasteiger partial charge in [-0.3, -0.25) is 4.79 Å². The highest BCUT2D eigenvalue weighted by molar-refractivity contribution is 5.72. The van der Waals surface area contributed by atoms with Crippen molar-refractivity contribution in [3.05, 3.63) is 35.9 Å². The number of halogens is 2. The average molecular weight is 459 g/mol. The Bertz CT molecular complexity index is 703. The van der Waals surface area contributed by atoms with E-state index in [1.807, 2.05) is 30.3 Å². The zero-order valence-corrected chi connectivity index (χ0v) is 19.8. The molecule has 0 saturated heterocycles. The second-order valence-corrected chi connectivity index (χ2v) is 9.44. The molecule has 1 amide bonds. The Balaban J connectivity index is 2.83. The first-order valence-electron chi connectivity index (χ1n) is 10.6. The largest absolute Gasteiger partial charge is 0.459 e. The van der Waals surface area contributed by atoms with E-state index < -0.39 is 42.3 Å². The van der Waals surface area contributed by atoms with E-state index in [4.69, 9.17) is 14.2 Å². The summed E-state index contributed by atoms with van der Waals surface area (Å²) in [7, 11) is 0. The van der Waals surface area contributed by atoms with Crippen LogP contribution in [0.5, 0.6) is 0 Å². The van der Waals surface area contributed by atoms with Crippen molar-refractivity contribution in [2.45, 2.75) is 71.8 Å². The number of ether oxygens (including phenoxy) is 3. The lowest BCUT2D eigenvalue weighted by molar-refractivity contribution is -0.153. The molecule has 0 aliphatic carbocycles. The minimum Gasteiger partial charge on any atom is -0.459 e. The molecule has 32 heavy (non-hydrogen) atoms. The van der Waals surface area contributed by atoms with Gasteiger partial charge in [-0.25, -0.2) is 13.6 Å². The van der Waals surface area contributed by atoms with Crippen LogP contribution in [0.4, 0.5) is 13.6 Å². The normalized spacial score (nSPS) is 13.0. The Labute approximate surface area is 189 Å². The first-order valence-corrected chi connectivity index (χ1v) is 10.6. The number of rotatable bonds is 11. The molecule has 0 aliphatic heterocycles. The molecule has 0 radical (unpaired) electrons. The van der Waals surface area contributed by atoms with Crippen molar-refractivity contribution in [1.29, 1.82) is 0 Å². The number of nitrogens with one attached hydrogen (secondary N) is 1. The highest BCUT2D eigenvalue weighted by Crippen LogP contribution is 2.12. The third-order valence-electron chi connectivity index (χ3n) is 3.84. The standard InChI is InChI=1S/C23H36F2N2O5/c1-22(2,3)31-20(28)12-26-18(16-30-15-17-10-8-7-9-11-17)13-27(14-19(24)25)21(29)32-23(4,5)6/h7-11,18-19,26H,12-16H2,1-6H3/t18-/m0/s1. The number of benzene rings is 1. The molecule has 0 fully saturated rings. The fraction of sp³-hybridized carbons (Fsp3) is 0.652. The molecule has 1 N–H and O–H groups in total. The number of carbonyl (C=O) groups is 2. The first kappa shape index (κ1) is 27.8. The minimum atomic E-state index is -2.74. The maximum atomic E-state index is 13.1. The Morgan fingerprint density at radius 2 is 1.56 bits per heavy atom. The lowest BCUT2D eigenvalue weighted by Gasteiger charge is -2.30. The van der Waals surface area contributed by atoms with Crippen molar-refractivity contribution in [3.63, 3.8) is 0 Å². The van der Waals surface area contributed by atoms with Crippen molar-refractivity contribution in [3.8, 4) is 0 Å². The maximum Gasteiger partial charge on any atom is 0.410 e. The van der Waals surface area contributed by atoms with E-state index >= 15 is 0 Å². The molecule has 1 atom stereocenters. The highest BCUT2D eigenvalue weighted by Gasteiger charge is 2.27. The van der Waals surface area contributed by atoms with Gasteiger partial charge in [0.05, 0.1) is 26.3 Å². The van der Waals surface area contributed by atoms with Crippen LogP contribution in [-0.2, 0) is 25.6 Å². The molecule has 182 valence electrons. The molecular formula is C23H36F2N2O5. The third kappa shape index (κ3) is 13.2. The van der Waals surface area contributed by atoms with Crippen LogP contribution < -0.4 is 5.32 Å². The van der Waals surface area contributed by atoms with Gasteiger partial charge in [-0.1, -0.05) is 30.3 Å². The molecule has 1 rings (SSSR count). The van der Waals surface area contributed by atoms with Gasteiger partial charge in [-0.15, -0.1) is 0 Å². The Hall–Kier alpha value is -2.26. The van der Waals surface area contributed by atoms with Gasteiger partial charge >= 0.3 is 12.1 Å². The summed E-state index contributed by atoms with van der Waals surface area (Å²) in [5, 5.41) is 2.96. The number of esters is 1. The summed E-state index contributed by atoms with van der Waals surface area (Å²) in [5.41, 5.74) is -0.549. The molecule has 9 heteroatoms. The van der Waals surface area contributed by atoms with Gasteiger partial charge in [0.2, 0.25) is 0 Å². The fourth-order valence-corrected chi connectivity index (χ4v) is 2.66.